The number of allylic oxidation sites excluding steroid dienone is 1. The molecule has 0 aliphatic carbocycles. The average molecular weight is 354 g/mol. The van der Waals surface area contributed by atoms with Crippen LogP contribution in [0.1, 0.15) is 123 Å². The van der Waals surface area contributed by atoms with Gasteiger partial charge in [0.1, 0.15) is 0 Å². The van der Waals surface area contributed by atoms with Gasteiger partial charge in [-0.15, -0.1) is 0 Å². The molecule has 3 N–H and O–H groups in total. The zero-order chi connectivity index (χ0) is 18.8. The second-order valence-corrected chi connectivity index (χ2v) is 7.51. The van der Waals surface area contributed by atoms with Crippen molar-refractivity contribution < 1.29 is 9.90 Å². The molecule has 0 bridgehead atoms. The third kappa shape index (κ3) is 16.2. The van der Waals surface area contributed by atoms with Gasteiger partial charge in [-0.3, -0.25) is 0 Å². The van der Waals surface area contributed by atoms with Gasteiger partial charge >= 0.3 is 5.97 Å². The first-order valence-electron chi connectivity index (χ1n) is 10.8. The van der Waals surface area contributed by atoms with Gasteiger partial charge < -0.3 is 10.8 Å². The van der Waals surface area contributed by atoms with Crippen LogP contribution in [0.15, 0.2) is 11.3 Å². The van der Waals surface area contributed by atoms with Crippen LogP contribution in [0.5, 0.6) is 0 Å². The fourth-order valence-electron chi connectivity index (χ4n) is 3.19. The number of nitrogens with two attached hydrogens (primary N) is 1. The van der Waals surface area contributed by atoms with Crippen molar-refractivity contribution in [2.24, 2.45) is 5.73 Å². The minimum absolute atomic E-state index is 0.306. The summed E-state index contributed by atoms with van der Waals surface area (Å²) in [6.45, 7) is 3.86. The predicted molar refractivity (Wildman–Crippen MR) is 109 cm³/mol. The van der Waals surface area contributed by atoms with Gasteiger partial charge in [0, 0.05) is 5.70 Å². The van der Waals surface area contributed by atoms with E-state index >= 15 is 0 Å². The normalized spacial score (nSPS) is 12.2. The molecule has 0 spiro atoms. The first kappa shape index (κ1) is 24.0. The summed E-state index contributed by atoms with van der Waals surface area (Å²) in [6, 6.07) is 0. The number of aliphatic carboxylic acids is 1. The molecule has 3 nitrogen and oxygen atoms in total. The van der Waals surface area contributed by atoms with E-state index in [0.29, 0.717) is 11.3 Å². The van der Waals surface area contributed by atoms with Crippen LogP contribution in [0.3, 0.4) is 0 Å². The molecule has 25 heavy (non-hydrogen) atoms. The van der Waals surface area contributed by atoms with E-state index in [9.17, 15) is 4.79 Å². The maximum atomic E-state index is 10.8. The lowest BCUT2D eigenvalue weighted by Gasteiger charge is -2.05. The highest BCUT2D eigenvalue weighted by Crippen LogP contribution is 2.15. The van der Waals surface area contributed by atoms with Crippen molar-refractivity contribution in [1.82, 2.24) is 0 Å². The quantitative estimate of drug-likeness (QED) is 0.207. The van der Waals surface area contributed by atoms with Crippen molar-refractivity contribution in [3.8, 4) is 0 Å². The Bertz CT molecular complexity index is 350. The third-order valence-corrected chi connectivity index (χ3v) is 5.10. The van der Waals surface area contributed by atoms with Crippen LogP contribution in [0.4, 0.5) is 0 Å². The van der Waals surface area contributed by atoms with E-state index in [4.69, 9.17) is 10.8 Å². The van der Waals surface area contributed by atoms with Crippen molar-refractivity contribution in [1.29, 1.82) is 0 Å². The SMILES string of the molecule is CCCCCCCCCCCCCCCCCC/C(N)=C(/C)C(=O)O. The first-order valence-corrected chi connectivity index (χ1v) is 10.8. The highest BCUT2D eigenvalue weighted by Gasteiger charge is 2.05. The fraction of sp³-hybridized carbons (Fsp3) is 0.864. The van der Waals surface area contributed by atoms with E-state index in [1.165, 1.54) is 89.9 Å². The van der Waals surface area contributed by atoms with Crippen molar-refractivity contribution >= 4 is 5.97 Å². The third-order valence-electron chi connectivity index (χ3n) is 5.10. The van der Waals surface area contributed by atoms with Crippen molar-refractivity contribution in [3.63, 3.8) is 0 Å². The molecule has 0 fully saturated rings. The summed E-state index contributed by atoms with van der Waals surface area (Å²) in [4.78, 5) is 10.8. The largest absolute Gasteiger partial charge is 0.478 e. The van der Waals surface area contributed by atoms with Gasteiger partial charge in [-0.25, -0.2) is 4.79 Å². The Labute approximate surface area is 156 Å². The molecule has 0 rings (SSSR count). The van der Waals surface area contributed by atoms with Crippen molar-refractivity contribution in [2.75, 3.05) is 0 Å². The lowest BCUT2D eigenvalue weighted by atomic mass is 10.0. The summed E-state index contributed by atoms with van der Waals surface area (Å²) < 4.78 is 0. The molecule has 0 atom stereocenters. The molecule has 0 unspecified atom stereocenters. The number of unbranched alkanes of at least 4 members (excludes halogenated alkanes) is 15. The standard InChI is InChI=1S/C22H43NO2/c1-3-4-5-6-7-8-9-10-11-12-13-14-15-16-17-18-19-21(23)20(2)22(24)25/h3-19,23H2,1-2H3,(H,24,25)/b21-20+. The summed E-state index contributed by atoms with van der Waals surface area (Å²) in [5.74, 6) is -0.894. The molecule has 0 amide bonds. The van der Waals surface area contributed by atoms with E-state index < -0.39 is 5.97 Å². The number of hydrogen-bond donors (Lipinski definition) is 2. The molecular formula is C22H43NO2. The maximum Gasteiger partial charge on any atom is 0.333 e. The van der Waals surface area contributed by atoms with E-state index in [-0.39, 0.29) is 0 Å². The van der Waals surface area contributed by atoms with Crippen molar-refractivity contribution in [3.05, 3.63) is 11.3 Å². The second-order valence-electron chi connectivity index (χ2n) is 7.51. The number of hydrogen-bond acceptors (Lipinski definition) is 2. The Morgan fingerprint density at radius 3 is 1.32 bits per heavy atom. The molecule has 148 valence electrons. The Morgan fingerprint density at radius 1 is 0.680 bits per heavy atom. The molecule has 0 heterocycles. The summed E-state index contributed by atoms with van der Waals surface area (Å²) >= 11 is 0. The topological polar surface area (TPSA) is 63.3 Å². The Morgan fingerprint density at radius 2 is 1.00 bits per heavy atom. The highest BCUT2D eigenvalue weighted by atomic mass is 16.4. The monoisotopic (exact) mass is 353 g/mol. The van der Waals surface area contributed by atoms with Crippen LogP contribution in [-0.2, 0) is 4.79 Å². The second kappa shape index (κ2) is 17.8. The highest BCUT2D eigenvalue weighted by molar-refractivity contribution is 5.86. The number of carbonyl (C=O) groups is 1. The van der Waals surface area contributed by atoms with E-state index in [2.05, 4.69) is 6.92 Å². The first-order chi connectivity index (χ1) is 12.1. The summed E-state index contributed by atoms with van der Waals surface area (Å²) in [5.41, 5.74) is 6.62. The molecular weight excluding hydrogens is 310 g/mol. The van der Waals surface area contributed by atoms with Crippen LogP contribution in [0.2, 0.25) is 0 Å². The molecule has 0 aliphatic rings. The van der Waals surface area contributed by atoms with Gasteiger partial charge in [-0.05, 0) is 19.8 Å². The van der Waals surface area contributed by atoms with Gasteiger partial charge in [0.25, 0.3) is 0 Å². The van der Waals surface area contributed by atoms with E-state index in [0.717, 1.165) is 19.3 Å². The minimum Gasteiger partial charge on any atom is -0.478 e. The molecule has 0 aromatic carbocycles. The molecule has 0 aliphatic heterocycles. The van der Waals surface area contributed by atoms with E-state index in [1.54, 1.807) is 6.92 Å². The Kier molecular flexibility index (Phi) is 17.1. The van der Waals surface area contributed by atoms with Crippen LogP contribution in [0, 0.1) is 0 Å². The van der Waals surface area contributed by atoms with Crippen LogP contribution >= 0.6 is 0 Å². The van der Waals surface area contributed by atoms with Gasteiger partial charge in [-0.2, -0.15) is 0 Å². The summed E-state index contributed by atoms with van der Waals surface area (Å²) in [6.07, 6.45) is 22.3. The fourth-order valence-corrected chi connectivity index (χ4v) is 3.19. The molecule has 0 radical (unpaired) electrons. The zero-order valence-electron chi connectivity index (χ0n) is 17.0. The molecule has 3 heteroatoms. The maximum absolute atomic E-state index is 10.8. The molecule has 0 aromatic rings. The van der Waals surface area contributed by atoms with Gasteiger partial charge in [-0.1, -0.05) is 103 Å². The number of carboxylic acid groups (broad SMARTS) is 1. The zero-order valence-corrected chi connectivity index (χ0v) is 17.0. The van der Waals surface area contributed by atoms with Gasteiger partial charge in [0.05, 0.1) is 5.57 Å². The van der Waals surface area contributed by atoms with Gasteiger partial charge in [0.2, 0.25) is 0 Å². The smallest absolute Gasteiger partial charge is 0.333 e. The van der Waals surface area contributed by atoms with Crippen molar-refractivity contribution in [2.45, 2.75) is 123 Å². The molecule has 0 saturated carbocycles. The number of rotatable bonds is 18. The van der Waals surface area contributed by atoms with Crippen LogP contribution in [-0.4, -0.2) is 11.1 Å². The Hall–Kier alpha value is -0.990. The average Bonchev–Trinajstić information content (AvgIpc) is 2.60. The van der Waals surface area contributed by atoms with E-state index in [1.807, 2.05) is 0 Å². The minimum atomic E-state index is -0.894. The number of carboxylic acids is 1. The summed E-state index contributed by atoms with van der Waals surface area (Å²) in [5, 5.41) is 8.85. The van der Waals surface area contributed by atoms with Crippen LogP contribution in [0.25, 0.3) is 0 Å². The Balaban J connectivity index is 3.22. The molecule has 0 aromatic heterocycles. The van der Waals surface area contributed by atoms with Gasteiger partial charge in [0.15, 0.2) is 0 Å². The molecule has 0 saturated heterocycles. The lowest BCUT2D eigenvalue weighted by molar-refractivity contribution is -0.132. The van der Waals surface area contributed by atoms with Crippen LogP contribution < -0.4 is 5.73 Å². The lowest BCUT2D eigenvalue weighted by Crippen LogP contribution is -2.08. The summed E-state index contributed by atoms with van der Waals surface area (Å²) in [7, 11) is 0. The predicted octanol–water partition coefficient (Wildman–Crippen LogP) is 6.96.